The summed E-state index contributed by atoms with van der Waals surface area (Å²) in [5.41, 5.74) is 0. The Bertz CT molecular complexity index is 2660. The number of nitrogens with one attached hydrogen (secondary N) is 4. The fraction of sp³-hybridized carbons (Fsp3) is 0.794. The number of amides is 12. The second-order valence-corrected chi connectivity index (χ2v) is 28.6. The van der Waals surface area contributed by atoms with E-state index in [9.17, 15) is 38.7 Å². The summed E-state index contributed by atoms with van der Waals surface area (Å²) in [6.07, 6.45) is 2.00. The molecule has 2 saturated heterocycles. The van der Waals surface area contributed by atoms with E-state index in [1.54, 1.807) is 67.5 Å². The molecule has 27 nitrogen and oxygen atoms in total. The lowest BCUT2D eigenvalue weighted by Gasteiger charge is -2.41. The van der Waals surface area contributed by atoms with Gasteiger partial charge in [0, 0.05) is 81.4 Å². The van der Waals surface area contributed by atoms with E-state index in [2.05, 4.69) is 26.2 Å². The quantitative estimate of drug-likeness (QED) is 0.139. The van der Waals surface area contributed by atoms with Gasteiger partial charge in [-0.2, -0.15) is 0 Å². The molecule has 2 heterocycles. The standard InChI is InChI=1S/C68H121N13O14/c1-26-28-29-43(13)56(82)55-60(86)71-48(27-2)63(89)74(19)47(17)62(88)79(24)54(44(14)37-95-68(94)81-32-30-73(18)31-33-81)59(85)72-52(41(9)10)66(92)75(20)49(34-38(3)4)58(84)69-45(15)57(83)70-46(16)61(87)76(21)50(35-39(5)6)64(90)77(22)51(36-40(7)8)65(91)78(23)53(42(11)12)67(93)80(55)25/h26,28,38-56,82H,27,29-37H2,1-25H3,(H,69,84)(H,70,83)(H,71,86)(H,72,85)/b28-26+/t43-,44-,45+,46-,47-,48+,49+,50+,51+,52+,53+,54+,55+,56-/m1/s1. The van der Waals surface area contributed by atoms with Crippen LogP contribution in [0.15, 0.2) is 12.2 Å². The Morgan fingerprint density at radius 1 is 0.495 bits per heavy atom. The first-order valence-electron chi connectivity index (χ1n) is 34.0. The number of hydrogen-bond acceptors (Lipinski definition) is 15. The molecule has 27 heteroatoms. The number of allylic oxidation sites excluding steroid dienone is 2. The largest absolute Gasteiger partial charge is 0.449 e. The molecule has 0 aromatic rings. The van der Waals surface area contributed by atoms with Crippen molar-refractivity contribution in [2.45, 2.75) is 222 Å². The number of piperazine rings is 1. The number of ether oxygens (including phenoxy) is 1. The van der Waals surface area contributed by atoms with Crippen LogP contribution >= 0.6 is 0 Å². The van der Waals surface area contributed by atoms with Gasteiger partial charge in [-0.1, -0.05) is 102 Å². The molecule has 14 atom stereocenters. The third-order valence-electron chi connectivity index (χ3n) is 18.6. The Kier molecular flexibility index (Phi) is 33.8. The second kappa shape index (κ2) is 38.1. The maximum atomic E-state index is 15.3. The van der Waals surface area contributed by atoms with Gasteiger partial charge in [0.15, 0.2) is 0 Å². The van der Waals surface area contributed by atoms with Crippen LogP contribution < -0.4 is 21.3 Å². The molecule has 0 bridgehead atoms. The molecule has 5 N–H and O–H groups in total. The van der Waals surface area contributed by atoms with Crippen LogP contribution in [0.3, 0.4) is 0 Å². The lowest BCUT2D eigenvalue weighted by atomic mass is 9.91. The summed E-state index contributed by atoms with van der Waals surface area (Å²) in [5.74, 6) is -11.4. The fourth-order valence-electron chi connectivity index (χ4n) is 12.2. The van der Waals surface area contributed by atoms with Gasteiger partial charge >= 0.3 is 6.09 Å². The number of carbonyl (C=O) groups is 12. The molecule has 2 fully saturated rings. The zero-order valence-electron chi connectivity index (χ0n) is 62.0. The van der Waals surface area contributed by atoms with E-state index in [1.807, 2.05) is 48.6 Å². The summed E-state index contributed by atoms with van der Waals surface area (Å²) in [6.45, 7) is 30.5. The third kappa shape index (κ3) is 22.9. The third-order valence-corrected chi connectivity index (χ3v) is 18.6. The van der Waals surface area contributed by atoms with Crippen molar-refractivity contribution >= 4 is 71.1 Å². The van der Waals surface area contributed by atoms with Crippen molar-refractivity contribution in [3.05, 3.63) is 12.2 Å². The smallest absolute Gasteiger partial charge is 0.409 e. The maximum Gasteiger partial charge on any atom is 0.409 e. The number of rotatable bonds is 16. The van der Waals surface area contributed by atoms with E-state index in [0.29, 0.717) is 26.2 Å². The van der Waals surface area contributed by atoms with Crippen LogP contribution in [0.5, 0.6) is 0 Å². The van der Waals surface area contributed by atoms with Crippen molar-refractivity contribution in [1.82, 2.24) is 65.4 Å². The van der Waals surface area contributed by atoms with Gasteiger partial charge in [0.2, 0.25) is 65.0 Å². The van der Waals surface area contributed by atoms with E-state index in [0.717, 1.165) is 14.7 Å². The molecule has 0 aromatic heterocycles. The van der Waals surface area contributed by atoms with E-state index in [-0.39, 0.29) is 56.5 Å². The predicted octanol–water partition coefficient (Wildman–Crippen LogP) is 2.63. The zero-order chi connectivity index (χ0) is 73.1. The lowest BCUT2D eigenvalue weighted by molar-refractivity contribution is -0.157. The van der Waals surface area contributed by atoms with Gasteiger partial charge in [-0.15, -0.1) is 0 Å². The Hall–Kier alpha value is -6.90. The summed E-state index contributed by atoms with van der Waals surface area (Å²) in [7, 11) is 11.7. The van der Waals surface area contributed by atoms with Crippen molar-refractivity contribution in [2.24, 2.45) is 41.4 Å². The van der Waals surface area contributed by atoms with Gasteiger partial charge in [-0.3, -0.25) is 52.7 Å². The number of carbonyl (C=O) groups excluding carboxylic acids is 12. The molecule has 0 aromatic carbocycles. The summed E-state index contributed by atoms with van der Waals surface area (Å²) < 4.78 is 5.80. The maximum absolute atomic E-state index is 15.3. The molecule has 0 radical (unpaired) electrons. The first-order chi connectivity index (χ1) is 44.0. The normalized spacial score (nSPS) is 27.5. The van der Waals surface area contributed by atoms with E-state index in [1.165, 1.54) is 94.6 Å². The summed E-state index contributed by atoms with van der Waals surface area (Å²) in [4.78, 5) is 189. The summed E-state index contributed by atoms with van der Waals surface area (Å²) in [6, 6.07) is -14.5. The van der Waals surface area contributed by atoms with Crippen LogP contribution in [0.4, 0.5) is 4.79 Å². The van der Waals surface area contributed by atoms with Gasteiger partial charge in [-0.25, -0.2) is 4.79 Å². The first-order valence-corrected chi connectivity index (χ1v) is 34.0. The van der Waals surface area contributed by atoms with Crippen LogP contribution in [-0.2, 0) is 57.5 Å². The van der Waals surface area contributed by atoms with Gasteiger partial charge in [0.1, 0.15) is 66.5 Å². The minimum atomic E-state index is -1.66. The average Bonchev–Trinajstić information content (AvgIpc) is 0.822. The lowest BCUT2D eigenvalue weighted by Crippen LogP contribution is -2.64. The zero-order valence-corrected chi connectivity index (χ0v) is 62.0. The Labute approximate surface area is 566 Å². The highest BCUT2D eigenvalue weighted by atomic mass is 16.6. The van der Waals surface area contributed by atoms with Gasteiger partial charge in [0.05, 0.1) is 12.7 Å². The highest BCUT2D eigenvalue weighted by Crippen LogP contribution is 2.26. The molecule has 542 valence electrons. The first kappa shape index (κ1) is 84.2. The number of nitrogens with zero attached hydrogens (tertiary/aromatic N) is 9. The fourth-order valence-corrected chi connectivity index (χ4v) is 12.2. The van der Waals surface area contributed by atoms with Crippen molar-refractivity contribution in [3.8, 4) is 0 Å². The molecule has 0 aliphatic carbocycles. The minimum Gasteiger partial charge on any atom is -0.449 e. The van der Waals surface area contributed by atoms with E-state index >= 15 is 24.0 Å². The predicted molar refractivity (Wildman–Crippen MR) is 363 cm³/mol. The molecule has 95 heavy (non-hydrogen) atoms. The molecule has 0 spiro atoms. The van der Waals surface area contributed by atoms with Crippen LogP contribution in [0.25, 0.3) is 0 Å². The second-order valence-electron chi connectivity index (χ2n) is 28.6. The van der Waals surface area contributed by atoms with Gasteiger partial charge < -0.3 is 75.2 Å². The Morgan fingerprint density at radius 3 is 1.43 bits per heavy atom. The molecule has 0 saturated carbocycles. The Morgan fingerprint density at radius 2 is 0.947 bits per heavy atom. The Balaban J connectivity index is 3.05. The van der Waals surface area contributed by atoms with Crippen molar-refractivity contribution in [1.29, 1.82) is 0 Å². The van der Waals surface area contributed by atoms with Crippen LogP contribution in [0.1, 0.15) is 150 Å². The van der Waals surface area contributed by atoms with Crippen LogP contribution in [0, 0.1) is 41.4 Å². The van der Waals surface area contributed by atoms with Crippen molar-refractivity contribution in [2.75, 3.05) is 89.2 Å². The number of aliphatic hydroxyl groups excluding tert-OH is 1. The molecule has 2 aliphatic rings. The SMILES string of the molecule is C/C=C/C[C@@H](C)[C@@H](O)[C@H]1C(=O)N[C@@H](CC)C(=O)N(C)[C@H](C)C(=O)N(C)[C@@H]([C@H](C)COC(=O)N2CCN(C)CC2)C(=O)N[C@@H](C(C)C)C(=O)N(C)[C@@H](CC(C)C)C(=O)N[C@@H](C)C(=O)N[C@H](C)C(=O)N(C)[C@@H](CC(C)C)C(=O)N(C)[C@@H](CC(C)C)C(=O)N(C)[C@@H](C(C)C)C(=O)N1C. The molecular weight excluding hydrogens is 1220 g/mol. The molecule has 2 aliphatic heterocycles. The van der Waals surface area contributed by atoms with Gasteiger partial charge in [-0.05, 0) is 102 Å². The summed E-state index contributed by atoms with van der Waals surface area (Å²) in [5, 5.41) is 23.2. The number of likely N-dealkylation sites (N-methyl/N-ethyl adjacent to an activating group) is 8. The monoisotopic (exact) mass is 1340 g/mol. The van der Waals surface area contributed by atoms with E-state index in [4.69, 9.17) is 4.74 Å². The molecular formula is C68H121N13O14. The van der Waals surface area contributed by atoms with Crippen molar-refractivity contribution < 1.29 is 67.4 Å². The van der Waals surface area contributed by atoms with Crippen LogP contribution in [-0.4, -0.2) is 282 Å². The molecule has 2 rings (SSSR count). The topological polar surface area (TPSA) is 312 Å². The molecule has 0 unspecified atom stereocenters. The van der Waals surface area contributed by atoms with E-state index < -0.39 is 167 Å². The van der Waals surface area contributed by atoms with Gasteiger partial charge in [0.25, 0.3) is 0 Å². The van der Waals surface area contributed by atoms with Crippen LogP contribution in [0.2, 0.25) is 0 Å². The average molecular weight is 1340 g/mol. The number of hydrogen-bond donors (Lipinski definition) is 5. The minimum absolute atomic E-state index is 0.0376. The molecule has 12 amide bonds. The van der Waals surface area contributed by atoms with Crippen molar-refractivity contribution in [3.63, 3.8) is 0 Å². The highest BCUT2D eigenvalue weighted by Gasteiger charge is 2.47. The number of aliphatic hydroxyl groups is 1. The highest BCUT2D eigenvalue weighted by molar-refractivity contribution is 6.00. The summed E-state index contributed by atoms with van der Waals surface area (Å²) >= 11 is 0.